The number of esters is 1. The van der Waals surface area contributed by atoms with Gasteiger partial charge in [0.15, 0.2) is 0 Å². The minimum Gasteiger partial charge on any atom is -0.458 e. The predicted molar refractivity (Wildman–Crippen MR) is 110 cm³/mol. The highest BCUT2D eigenvalue weighted by molar-refractivity contribution is 7.13. The zero-order chi connectivity index (χ0) is 21.0. The summed E-state index contributed by atoms with van der Waals surface area (Å²) < 4.78 is 5.24. The molecule has 7 nitrogen and oxygen atoms in total. The predicted octanol–water partition coefficient (Wildman–Crippen LogP) is 3.66. The van der Waals surface area contributed by atoms with E-state index in [1.54, 1.807) is 6.92 Å². The van der Waals surface area contributed by atoms with Crippen LogP contribution < -0.4 is 5.32 Å². The van der Waals surface area contributed by atoms with E-state index in [9.17, 15) is 14.4 Å². The molecule has 1 fully saturated rings. The molecule has 2 aromatic rings. The summed E-state index contributed by atoms with van der Waals surface area (Å²) in [7, 11) is 0. The van der Waals surface area contributed by atoms with Gasteiger partial charge < -0.3 is 10.1 Å². The van der Waals surface area contributed by atoms with Gasteiger partial charge in [0.1, 0.15) is 23.7 Å². The summed E-state index contributed by atoms with van der Waals surface area (Å²) in [6.45, 7) is 5.33. The molecule has 0 saturated carbocycles. The summed E-state index contributed by atoms with van der Waals surface area (Å²) in [5, 5.41) is 5.36. The van der Waals surface area contributed by atoms with Crippen molar-refractivity contribution in [2.24, 2.45) is 0 Å². The standard InChI is InChI=1S/C21H25N3O4S/c1-4-5-10-21(3)19(26)24(20(27)23-21)11-17(25)28-12-16-13-29-18(22-16)15-8-6-14(2)7-9-15/h6-9,13H,4-5,10-12H2,1-3H3,(H,23,27)/t21-/m0/s1. The molecule has 2 heterocycles. The van der Waals surface area contributed by atoms with Crippen LogP contribution in [0.4, 0.5) is 4.79 Å². The van der Waals surface area contributed by atoms with Crippen LogP contribution in [0.25, 0.3) is 10.6 Å². The van der Waals surface area contributed by atoms with E-state index >= 15 is 0 Å². The van der Waals surface area contributed by atoms with Crippen molar-refractivity contribution in [1.82, 2.24) is 15.2 Å². The number of unbranched alkanes of at least 4 members (excludes halogenated alkanes) is 1. The first-order valence-corrected chi connectivity index (χ1v) is 10.5. The van der Waals surface area contributed by atoms with Gasteiger partial charge in [0.05, 0.1) is 5.69 Å². The third-order valence-corrected chi connectivity index (χ3v) is 5.83. The Labute approximate surface area is 174 Å². The van der Waals surface area contributed by atoms with Crippen LogP contribution in [0.15, 0.2) is 29.6 Å². The lowest BCUT2D eigenvalue weighted by Gasteiger charge is -2.21. The minimum atomic E-state index is -0.953. The lowest BCUT2D eigenvalue weighted by Crippen LogP contribution is -2.44. The Hall–Kier alpha value is -2.74. The Kier molecular flexibility index (Phi) is 6.32. The van der Waals surface area contributed by atoms with Crippen molar-refractivity contribution in [3.63, 3.8) is 0 Å². The van der Waals surface area contributed by atoms with Crippen LogP contribution in [0.5, 0.6) is 0 Å². The van der Waals surface area contributed by atoms with Gasteiger partial charge in [-0.1, -0.05) is 49.6 Å². The van der Waals surface area contributed by atoms with Gasteiger partial charge in [-0.15, -0.1) is 11.3 Å². The van der Waals surface area contributed by atoms with E-state index in [2.05, 4.69) is 10.3 Å². The molecule has 3 amide bonds. The summed E-state index contributed by atoms with van der Waals surface area (Å²) in [6, 6.07) is 7.47. The number of benzene rings is 1. The monoisotopic (exact) mass is 415 g/mol. The van der Waals surface area contributed by atoms with Crippen LogP contribution in [-0.4, -0.2) is 39.9 Å². The first kappa shape index (κ1) is 21.0. The summed E-state index contributed by atoms with van der Waals surface area (Å²) in [5.41, 5.74) is 1.85. The average Bonchev–Trinajstić information content (AvgIpc) is 3.25. The van der Waals surface area contributed by atoms with Gasteiger partial charge >= 0.3 is 12.0 Å². The van der Waals surface area contributed by atoms with Gasteiger partial charge in [-0.3, -0.25) is 14.5 Å². The second kappa shape index (κ2) is 8.73. The second-order valence-corrected chi connectivity index (χ2v) is 8.29. The number of carbonyl (C=O) groups is 3. The van der Waals surface area contributed by atoms with Crippen molar-refractivity contribution in [3.05, 3.63) is 40.9 Å². The highest BCUT2D eigenvalue weighted by Crippen LogP contribution is 2.25. The van der Waals surface area contributed by atoms with Crippen LogP contribution in [0.3, 0.4) is 0 Å². The molecule has 0 aliphatic carbocycles. The molecule has 1 atom stereocenters. The van der Waals surface area contributed by atoms with Gasteiger partial charge in [-0.25, -0.2) is 9.78 Å². The Morgan fingerprint density at radius 1 is 1.28 bits per heavy atom. The van der Waals surface area contributed by atoms with E-state index in [4.69, 9.17) is 4.74 Å². The highest BCUT2D eigenvalue weighted by atomic mass is 32.1. The topological polar surface area (TPSA) is 88.6 Å². The highest BCUT2D eigenvalue weighted by Gasteiger charge is 2.47. The van der Waals surface area contributed by atoms with Crippen molar-refractivity contribution in [2.75, 3.05) is 6.54 Å². The number of carbonyl (C=O) groups excluding carboxylic acids is 3. The van der Waals surface area contributed by atoms with E-state index < -0.39 is 24.1 Å². The van der Waals surface area contributed by atoms with Crippen molar-refractivity contribution >= 4 is 29.2 Å². The summed E-state index contributed by atoms with van der Waals surface area (Å²) in [6.07, 6.45) is 2.27. The fraction of sp³-hybridized carbons (Fsp3) is 0.429. The van der Waals surface area contributed by atoms with Crippen LogP contribution >= 0.6 is 11.3 Å². The molecule has 0 spiro atoms. The molecule has 29 heavy (non-hydrogen) atoms. The Morgan fingerprint density at radius 3 is 2.69 bits per heavy atom. The molecule has 1 N–H and O–H groups in total. The van der Waals surface area contributed by atoms with Gasteiger partial charge in [0.25, 0.3) is 5.91 Å². The number of aromatic nitrogens is 1. The van der Waals surface area contributed by atoms with Crippen molar-refractivity contribution < 1.29 is 19.1 Å². The molecular weight excluding hydrogens is 390 g/mol. The first-order chi connectivity index (χ1) is 13.8. The molecule has 0 unspecified atom stereocenters. The molecule has 1 aliphatic heterocycles. The number of amides is 3. The van der Waals surface area contributed by atoms with Crippen LogP contribution in [0, 0.1) is 6.92 Å². The maximum atomic E-state index is 12.6. The van der Waals surface area contributed by atoms with Gasteiger partial charge in [-0.05, 0) is 20.3 Å². The summed E-state index contributed by atoms with van der Waals surface area (Å²) in [4.78, 5) is 42.3. The number of hydrogen-bond acceptors (Lipinski definition) is 6. The van der Waals surface area contributed by atoms with E-state index in [1.165, 1.54) is 16.9 Å². The molecule has 3 rings (SSSR count). The SMILES string of the molecule is CCCC[C@]1(C)NC(=O)N(CC(=O)OCc2csc(-c3ccc(C)cc3)n2)C1=O. The van der Waals surface area contributed by atoms with Crippen LogP contribution in [0.2, 0.25) is 0 Å². The van der Waals surface area contributed by atoms with E-state index in [-0.39, 0.29) is 12.5 Å². The number of hydrogen-bond donors (Lipinski definition) is 1. The minimum absolute atomic E-state index is 0.00204. The number of imide groups is 1. The molecular formula is C21H25N3O4S. The fourth-order valence-corrected chi connectivity index (χ4v) is 3.93. The van der Waals surface area contributed by atoms with Gasteiger partial charge in [0, 0.05) is 10.9 Å². The Balaban J connectivity index is 1.54. The second-order valence-electron chi connectivity index (χ2n) is 7.43. The third-order valence-electron chi connectivity index (χ3n) is 4.89. The number of urea groups is 1. The smallest absolute Gasteiger partial charge is 0.326 e. The fourth-order valence-electron chi connectivity index (χ4n) is 3.12. The number of rotatable bonds is 8. The van der Waals surface area contributed by atoms with E-state index in [0.717, 1.165) is 28.3 Å². The number of nitrogens with zero attached hydrogens (tertiary/aromatic N) is 2. The maximum absolute atomic E-state index is 12.6. The Bertz CT molecular complexity index is 909. The first-order valence-electron chi connectivity index (χ1n) is 9.63. The summed E-state index contributed by atoms with van der Waals surface area (Å²) >= 11 is 1.47. The van der Waals surface area contributed by atoms with Crippen molar-refractivity contribution in [1.29, 1.82) is 0 Å². The molecule has 1 saturated heterocycles. The summed E-state index contributed by atoms with van der Waals surface area (Å²) in [5.74, 6) is -1.03. The third kappa shape index (κ3) is 4.82. The van der Waals surface area contributed by atoms with Crippen LogP contribution in [-0.2, 0) is 20.9 Å². The van der Waals surface area contributed by atoms with Gasteiger partial charge in [0.2, 0.25) is 0 Å². The molecule has 0 bridgehead atoms. The van der Waals surface area contributed by atoms with Crippen LogP contribution in [0.1, 0.15) is 44.4 Å². The zero-order valence-corrected chi connectivity index (χ0v) is 17.7. The maximum Gasteiger partial charge on any atom is 0.326 e. The zero-order valence-electron chi connectivity index (χ0n) is 16.9. The molecule has 1 aromatic carbocycles. The normalized spacial score (nSPS) is 18.8. The molecule has 0 radical (unpaired) electrons. The van der Waals surface area contributed by atoms with E-state index in [1.807, 2.05) is 43.5 Å². The molecule has 154 valence electrons. The van der Waals surface area contributed by atoms with E-state index in [0.29, 0.717) is 12.1 Å². The number of nitrogens with one attached hydrogen (secondary N) is 1. The number of ether oxygens (including phenoxy) is 1. The number of aryl methyl sites for hydroxylation is 1. The lowest BCUT2D eigenvalue weighted by molar-refractivity contribution is -0.148. The molecule has 1 aromatic heterocycles. The lowest BCUT2D eigenvalue weighted by atomic mass is 9.95. The molecule has 8 heteroatoms. The Morgan fingerprint density at radius 2 is 2.00 bits per heavy atom. The largest absolute Gasteiger partial charge is 0.458 e. The number of thiazole rings is 1. The average molecular weight is 416 g/mol. The quantitative estimate of drug-likeness (QED) is 0.525. The van der Waals surface area contributed by atoms with Crippen molar-refractivity contribution in [2.45, 2.75) is 52.2 Å². The van der Waals surface area contributed by atoms with Crippen molar-refractivity contribution in [3.8, 4) is 10.6 Å². The van der Waals surface area contributed by atoms with Gasteiger partial charge in [-0.2, -0.15) is 0 Å². The molecule has 1 aliphatic rings.